The molecule has 2 aliphatic carbocycles. The van der Waals surface area contributed by atoms with Crippen molar-refractivity contribution in [2.24, 2.45) is 0 Å². The molecule has 2 aromatic carbocycles. The highest BCUT2D eigenvalue weighted by Gasteiger charge is 2.31. The molecule has 0 aliphatic heterocycles. The molecule has 0 saturated carbocycles. The van der Waals surface area contributed by atoms with Gasteiger partial charge in [0.2, 0.25) is 0 Å². The van der Waals surface area contributed by atoms with E-state index in [0.29, 0.717) is 58.9 Å². The number of fused-ring (bicyclic) bond motifs is 6. The maximum absolute atomic E-state index is 12.8. The zero-order valence-electron chi connectivity index (χ0n) is 23.1. The molecule has 9 heteroatoms. The summed E-state index contributed by atoms with van der Waals surface area (Å²) in [6.45, 7) is 0. The summed E-state index contributed by atoms with van der Waals surface area (Å²) in [4.78, 5) is 49.4. The van der Waals surface area contributed by atoms with Gasteiger partial charge in [-0.05, 0) is 85.8 Å². The first-order valence-electron chi connectivity index (χ1n) is 14.5. The van der Waals surface area contributed by atoms with Crippen LogP contribution < -0.4 is 11.3 Å². The van der Waals surface area contributed by atoms with E-state index in [9.17, 15) is 24.3 Å². The summed E-state index contributed by atoms with van der Waals surface area (Å²) in [7, 11) is 0. The molecule has 2 aromatic heterocycles. The fraction of sp³-hybridized carbons (Fsp3) is 0.394. The molecule has 42 heavy (non-hydrogen) atoms. The van der Waals surface area contributed by atoms with E-state index in [2.05, 4.69) is 0 Å². The molecule has 0 amide bonds. The average Bonchev–Trinajstić information content (AvgIpc) is 2.99. The first-order chi connectivity index (χ1) is 20.3. The third-order valence-electron chi connectivity index (χ3n) is 8.53. The minimum atomic E-state index is -1.32. The smallest absolute Gasteiger partial charge is 0.339 e. The van der Waals surface area contributed by atoms with Gasteiger partial charge >= 0.3 is 23.2 Å². The largest absolute Gasteiger partial charge is 0.481 e. The molecule has 2 atom stereocenters. The second kappa shape index (κ2) is 11.6. The van der Waals surface area contributed by atoms with Crippen molar-refractivity contribution in [3.05, 3.63) is 90.6 Å². The summed E-state index contributed by atoms with van der Waals surface area (Å²) < 4.78 is 17.1. The minimum absolute atomic E-state index is 0.0901. The average molecular weight is 573 g/mol. The van der Waals surface area contributed by atoms with Crippen LogP contribution in [0.15, 0.2) is 54.8 Å². The summed E-state index contributed by atoms with van der Waals surface area (Å²) >= 11 is 0. The van der Waals surface area contributed by atoms with E-state index in [4.69, 9.17) is 18.7 Å². The molecule has 0 radical (unpaired) electrons. The maximum Gasteiger partial charge on any atom is 0.339 e. The van der Waals surface area contributed by atoms with Crippen LogP contribution in [-0.4, -0.2) is 28.3 Å². The van der Waals surface area contributed by atoms with Crippen LogP contribution in [0.1, 0.15) is 78.0 Å². The number of aryl methyl sites for hydroxylation is 2. The van der Waals surface area contributed by atoms with Gasteiger partial charge in [0.15, 0.2) is 0 Å². The molecule has 6 rings (SSSR count). The standard InChI is InChI=1S/C33H32O9/c34-27(35)15-16-28(36)40-26(17-18-7-5-13-24-29(18)19-8-1-3-10-21(19)32(38)41-24)31(37)23-12-6-14-25-30(23)20-9-2-4-11-22(20)33(39)42-25/h5-7,12-14,26,31,37H,1-4,8-11,15-17H2,(H,34,35). The van der Waals surface area contributed by atoms with E-state index < -0.39 is 30.6 Å². The first kappa shape index (κ1) is 27.9. The lowest BCUT2D eigenvalue weighted by molar-refractivity contribution is -0.157. The van der Waals surface area contributed by atoms with E-state index in [1.54, 1.807) is 30.3 Å². The predicted octanol–water partition coefficient (Wildman–Crippen LogP) is 4.71. The molecule has 4 aromatic rings. The van der Waals surface area contributed by atoms with Crippen LogP contribution in [0.4, 0.5) is 0 Å². The fourth-order valence-corrected chi connectivity index (χ4v) is 6.58. The zero-order chi connectivity index (χ0) is 29.4. The highest BCUT2D eigenvalue weighted by molar-refractivity contribution is 5.87. The number of aliphatic hydroxyl groups excluding tert-OH is 1. The fourth-order valence-electron chi connectivity index (χ4n) is 6.58. The molecule has 2 aliphatic rings. The molecule has 9 nitrogen and oxygen atoms in total. The van der Waals surface area contributed by atoms with Crippen molar-refractivity contribution in [1.82, 2.24) is 0 Å². The predicted molar refractivity (Wildman–Crippen MR) is 154 cm³/mol. The Morgan fingerprint density at radius 1 is 0.762 bits per heavy atom. The van der Waals surface area contributed by atoms with Crippen molar-refractivity contribution >= 4 is 33.9 Å². The number of ether oxygens (including phenoxy) is 1. The summed E-state index contributed by atoms with van der Waals surface area (Å²) in [5, 5.41) is 22.4. The number of carbonyl (C=O) groups excluding carboxylic acids is 1. The second-order valence-corrected chi connectivity index (χ2v) is 11.2. The third-order valence-corrected chi connectivity index (χ3v) is 8.53. The number of carboxylic acids is 1. The van der Waals surface area contributed by atoms with Crippen molar-refractivity contribution in [2.45, 2.75) is 82.8 Å². The minimum Gasteiger partial charge on any atom is -0.481 e. The summed E-state index contributed by atoms with van der Waals surface area (Å²) in [5.74, 6) is -1.88. The molecule has 2 N–H and O–H groups in total. The van der Waals surface area contributed by atoms with Gasteiger partial charge in [0.25, 0.3) is 0 Å². The molecule has 0 fully saturated rings. The van der Waals surface area contributed by atoms with Crippen molar-refractivity contribution in [1.29, 1.82) is 0 Å². The Morgan fingerprint density at radius 3 is 1.93 bits per heavy atom. The first-order valence-corrected chi connectivity index (χ1v) is 14.5. The van der Waals surface area contributed by atoms with Crippen molar-refractivity contribution < 1.29 is 33.4 Å². The van der Waals surface area contributed by atoms with Crippen LogP contribution in [0, 0.1) is 0 Å². The van der Waals surface area contributed by atoms with Gasteiger partial charge in [-0.3, -0.25) is 9.59 Å². The van der Waals surface area contributed by atoms with Gasteiger partial charge in [-0.2, -0.15) is 0 Å². The zero-order valence-corrected chi connectivity index (χ0v) is 23.1. The number of carbonyl (C=O) groups is 2. The molecule has 218 valence electrons. The monoisotopic (exact) mass is 572 g/mol. The van der Waals surface area contributed by atoms with E-state index in [1.165, 1.54) is 0 Å². The number of carboxylic acid groups (broad SMARTS) is 1. The van der Waals surface area contributed by atoms with Crippen LogP contribution in [0.2, 0.25) is 0 Å². The van der Waals surface area contributed by atoms with Crippen LogP contribution in [0.25, 0.3) is 21.9 Å². The van der Waals surface area contributed by atoms with Crippen molar-refractivity contribution in [3.63, 3.8) is 0 Å². The lowest BCUT2D eigenvalue weighted by atomic mass is 9.85. The van der Waals surface area contributed by atoms with Gasteiger partial charge in [-0.25, -0.2) is 9.59 Å². The summed E-state index contributed by atoms with van der Waals surface area (Å²) in [6, 6.07) is 10.5. The third kappa shape index (κ3) is 5.25. The van der Waals surface area contributed by atoms with Crippen molar-refractivity contribution in [2.75, 3.05) is 0 Å². The Morgan fingerprint density at radius 2 is 1.31 bits per heavy atom. The molecule has 2 unspecified atom stereocenters. The topological polar surface area (TPSA) is 144 Å². The molecular formula is C33H32O9. The van der Waals surface area contributed by atoms with E-state index in [0.717, 1.165) is 47.8 Å². The van der Waals surface area contributed by atoms with Gasteiger partial charge in [0.1, 0.15) is 23.4 Å². The number of rotatable bonds is 8. The lowest BCUT2D eigenvalue weighted by Gasteiger charge is -2.27. The maximum atomic E-state index is 12.8. The van der Waals surface area contributed by atoms with Gasteiger partial charge in [-0.1, -0.05) is 24.3 Å². The summed E-state index contributed by atoms with van der Waals surface area (Å²) in [5.41, 5.74) is 4.34. The Balaban J connectivity index is 1.46. The molecular weight excluding hydrogens is 540 g/mol. The Labute approximate surface area is 240 Å². The van der Waals surface area contributed by atoms with Crippen molar-refractivity contribution in [3.8, 4) is 0 Å². The molecule has 0 bridgehead atoms. The lowest BCUT2D eigenvalue weighted by Crippen LogP contribution is -2.29. The number of esters is 1. The van der Waals surface area contributed by atoms with Crippen LogP contribution >= 0.6 is 0 Å². The Hall–Kier alpha value is -4.24. The highest BCUT2D eigenvalue weighted by Crippen LogP contribution is 2.36. The SMILES string of the molecule is O=C(O)CCC(=O)OC(Cc1cccc2oc(=O)c3c(c12)CCCC3)C(O)c1cccc2oc(=O)c3c(c12)CCCC3. The van der Waals surface area contributed by atoms with Gasteiger partial charge in [-0.15, -0.1) is 0 Å². The van der Waals surface area contributed by atoms with Crippen LogP contribution in [-0.2, 0) is 46.4 Å². The number of benzene rings is 2. The van der Waals surface area contributed by atoms with Gasteiger partial charge < -0.3 is 23.8 Å². The summed E-state index contributed by atoms with van der Waals surface area (Å²) in [6.07, 6.45) is 3.14. The van der Waals surface area contributed by atoms with Gasteiger partial charge in [0.05, 0.1) is 12.8 Å². The quantitative estimate of drug-likeness (QED) is 0.227. The number of aliphatic hydroxyl groups is 1. The second-order valence-electron chi connectivity index (χ2n) is 11.2. The van der Waals surface area contributed by atoms with E-state index in [1.807, 2.05) is 6.07 Å². The van der Waals surface area contributed by atoms with Crippen LogP contribution in [0.5, 0.6) is 0 Å². The van der Waals surface area contributed by atoms with Crippen LogP contribution in [0.3, 0.4) is 0 Å². The Kier molecular flexibility index (Phi) is 7.68. The number of aliphatic carboxylic acids is 1. The van der Waals surface area contributed by atoms with Gasteiger partial charge in [0, 0.05) is 28.3 Å². The number of hydrogen-bond donors (Lipinski definition) is 2. The highest BCUT2D eigenvalue weighted by atomic mass is 16.6. The molecule has 2 heterocycles. The molecule has 0 saturated heterocycles. The number of hydrogen-bond acceptors (Lipinski definition) is 8. The van der Waals surface area contributed by atoms with E-state index in [-0.39, 0.29) is 24.1 Å². The Bertz CT molecular complexity index is 1810. The van der Waals surface area contributed by atoms with E-state index >= 15 is 0 Å². The molecule has 0 spiro atoms. The normalized spacial score (nSPS) is 16.0.